The van der Waals surface area contributed by atoms with E-state index in [1.165, 1.54) is 7.11 Å². The third kappa shape index (κ3) is 6.77. The molecule has 2 aliphatic heterocycles. The Morgan fingerprint density at radius 1 is 1.30 bits per heavy atom. The number of halogens is 1. The Kier molecular flexibility index (Phi) is 9.25. The van der Waals surface area contributed by atoms with Gasteiger partial charge in [-0.05, 0) is 12.3 Å². The summed E-state index contributed by atoms with van der Waals surface area (Å²) in [6.45, 7) is 3.59. The second kappa shape index (κ2) is 10.4. The average molecular weight is 516 g/mol. The van der Waals surface area contributed by atoms with Crippen molar-refractivity contribution in [2.75, 3.05) is 45.3 Å². The van der Waals surface area contributed by atoms with Crippen molar-refractivity contribution >= 4 is 51.6 Å². The van der Waals surface area contributed by atoms with Crippen LogP contribution in [-0.4, -0.2) is 82.5 Å². The van der Waals surface area contributed by atoms with Gasteiger partial charge < -0.3 is 20.3 Å². The number of amides is 1. The maximum atomic E-state index is 12.0. The van der Waals surface area contributed by atoms with E-state index in [0.717, 1.165) is 0 Å². The summed E-state index contributed by atoms with van der Waals surface area (Å²) in [5.41, 5.74) is 0. The number of esters is 1. The fraction of sp³-hybridized carbons (Fsp3) is 0.812. The fourth-order valence-electron chi connectivity index (χ4n) is 3.43. The molecule has 2 N–H and O–H groups in total. The minimum atomic E-state index is -3.00. The van der Waals surface area contributed by atoms with Gasteiger partial charge in [-0.25, -0.2) is 8.42 Å². The molecule has 156 valence electrons. The Morgan fingerprint density at radius 3 is 2.56 bits per heavy atom. The van der Waals surface area contributed by atoms with Crippen molar-refractivity contribution < 1.29 is 22.7 Å². The highest BCUT2D eigenvalue weighted by Gasteiger charge is 2.36. The van der Waals surface area contributed by atoms with Crippen LogP contribution in [-0.2, 0) is 24.2 Å². The number of guanidine groups is 1. The molecule has 0 aromatic rings. The van der Waals surface area contributed by atoms with Crippen LogP contribution in [0, 0.1) is 11.8 Å². The minimum Gasteiger partial charge on any atom is -0.469 e. The van der Waals surface area contributed by atoms with Gasteiger partial charge in [0.2, 0.25) is 5.91 Å². The highest BCUT2D eigenvalue weighted by Crippen LogP contribution is 2.24. The molecule has 0 aromatic heterocycles. The van der Waals surface area contributed by atoms with Crippen LogP contribution in [0.15, 0.2) is 4.99 Å². The number of aliphatic imine (C=N–C) groups is 1. The summed E-state index contributed by atoms with van der Waals surface area (Å²) in [6.07, 6.45) is 0.698. The second-order valence-corrected chi connectivity index (χ2v) is 9.13. The Labute approximate surface area is 177 Å². The summed E-state index contributed by atoms with van der Waals surface area (Å²) in [7, 11) is 0.0388. The van der Waals surface area contributed by atoms with Crippen molar-refractivity contribution in [1.82, 2.24) is 15.5 Å². The van der Waals surface area contributed by atoms with E-state index < -0.39 is 9.84 Å². The Balaban J connectivity index is 0.00000364. The molecule has 9 nitrogen and oxygen atoms in total. The van der Waals surface area contributed by atoms with E-state index in [4.69, 9.17) is 4.74 Å². The summed E-state index contributed by atoms with van der Waals surface area (Å²) in [4.78, 5) is 30.0. The smallest absolute Gasteiger partial charge is 0.310 e. The number of carbonyl (C=O) groups excluding carboxylic acids is 2. The number of rotatable bonds is 5. The molecule has 2 heterocycles. The normalized spacial score (nSPS) is 27.0. The van der Waals surface area contributed by atoms with Crippen LogP contribution in [0.5, 0.6) is 0 Å². The first-order valence-corrected chi connectivity index (χ1v) is 10.6. The van der Waals surface area contributed by atoms with E-state index in [9.17, 15) is 18.0 Å². The molecule has 2 rings (SSSR count). The van der Waals surface area contributed by atoms with Gasteiger partial charge in [0, 0.05) is 39.1 Å². The van der Waals surface area contributed by atoms with Gasteiger partial charge in [-0.2, -0.15) is 0 Å². The lowest BCUT2D eigenvalue weighted by atomic mass is 9.99. The van der Waals surface area contributed by atoms with Gasteiger partial charge in [-0.1, -0.05) is 6.92 Å². The highest BCUT2D eigenvalue weighted by molar-refractivity contribution is 14.0. The Morgan fingerprint density at radius 2 is 2.00 bits per heavy atom. The van der Waals surface area contributed by atoms with Crippen LogP contribution in [0.4, 0.5) is 0 Å². The number of nitrogens with one attached hydrogen (secondary N) is 2. The molecule has 0 spiro atoms. The van der Waals surface area contributed by atoms with Crippen LogP contribution in [0.3, 0.4) is 0 Å². The van der Waals surface area contributed by atoms with Gasteiger partial charge in [0.15, 0.2) is 15.8 Å². The van der Waals surface area contributed by atoms with E-state index in [1.807, 2.05) is 11.8 Å². The van der Waals surface area contributed by atoms with Gasteiger partial charge in [-0.3, -0.25) is 14.6 Å². The largest absolute Gasteiger partial charge is 0.469 e. The van der Waals surface area contributed by atoms with Crippen LogP contribution < -0.4 is 10.6 Å². The molecule has 0 radical (unpaired) electrons. The molecule has 3 atom stereocenters. The molecule has 27 heavy (non-hydrogen) atoms. The predicted molar refractivity (Wildman–Crippen MR) is 113 cm³/mol. The third-order valence-corrected chi connectivity index (χ3v) is 6.63. The zero-order valence-corrected chi connectivity index (χ0v) is 19.1. The van der Waals surface area contributed by atoms with Crippen molar-refractivity contribution in [3.05, 3.63) is 0 Å². The van der Waals surface area contributed by atoms with E-state index >= 15 is 0 Å². The lowest BCUT2D eigenvalue weighted by molar-refractivity contribution is -0.146. The zero-order valence-electron chi connectivity index (χ0n) is 15.9. The molecule has 2 saturated heterocycles. The van der Waals surface area contributed by atoms with Crippen LogP contribution in [0.1, 0.15) is 19.8 Å². The maximum Gasteiger partial charge on any atom is 0.310 e. The molecule has 0 aliphatic carbocycles. The summed E-state index contributed by atoms with van der Waals surface area (Å²) < 4.78 is 27.7. The number of hydrogen-bond donors (Lipinski definition) is 2. The summed E-state index contributed by atoms with van der Waals surface area (Å²) in [5, 5.41) is 5.89. The van der Waals surface area contributed by atoms with E-state index in [0.29, 0.717) is 32.0 Å². The second-order valence-electron chi connectivity index (χ2n) is 6.90. The predicted octanol–water partition coefficient (Wildman–Crippen LogP) is -0.386. The van der Waals surface area contributed by atoms with E-state index in [-0.39, 0.29) is 71.7 Å². The number of nitrogens with zero attached hydrogens (tertiary/aromatic N) is 2. The summed E-state index contributed by atoms with van der Waals surface area (Å²) in [6, 6.07) is -0.285. The van der Waals surface area contributed by atoms with Gasteiger partial charge in [0.25, 0.3) is 0 Å². The number of carbonyl (C=O) groups is 2. The number of sulfone groups is 1. The number of likely N-dealkylation sites (tertiary alicyclic amines) is 1. The number of hydrogen-bond acceptors (Lipinski definition) is 6. The van der Waals surface area contributed by atoms with Crippen LogP contribution >= 0.6 is 24.0 Å². The third-order valence-electron chi connectivity index (χ3n) is 4.86. The minimum absolute atomic E-state index is 0. The Bertz CT molecular complexity index is 670. The molecule has 2 fully saturated rings. The van der Waals surface area contributed by atoms with Gasteiger partial charge in [0.05, 0.1) is 24.5 Å². The lowest BCUT2D eigenvalue weighted by Gasteiger charge is -2.21. The molecule has 0 bridgehead atoms. The molecule has 11 heteroatoms. The van der Waals surface area contributed by atoms with Crippen LogP contribution in [0.2, 0.25) is 0 Å². The van der Waals surface area contributed by atoms with Gasteiger partial charge in [0.1, 0.15) is 0 Å². The number of methoxy groups -OCH3 is 1. The van der Waals surface area contributed by atoms with E-state index in [1.54, 1.807) is 7.05 Å². The van der Waals surface area contributed by atoms with Crippen molar-refractivity contribution in [2.24, 2.45) is 16.8 Å². The topological polar surface area (TPSA) is 117 Å². The van der Waals surface area contributed by atoms with Crippen molar-refractivity contribution in [2.45, 2.75) is 25.8 Å². The lowest BCUT2D eigenvalue weighted by Crippen LogP contribution is -2.43. The average Bonchev–Trinajstić information content (AvgIpc) is 3.13. The standard InChI is InChI=1S/C16H28N4O5S.HI/c1-11-8-20(9-13(11)15(22)25-3)16(17-2)18-6-4-14(21)19-12-5-7-26(23,24)10-12;/h11-13H,4-10H2,1-3H3,(H,17,18)(H,19,21);1H. The first-order chi connectivity index (χ1) is 12.3. The van der Waals surface area contributed by atoms with Gasteiger partial charge in [-0.15, -0.1) is 24.0 Å². The quantitative estimate of drug-likeness (QED) is 0.221. The molecule has 1 amide bonds. The van der Waals surface area contributed by atoms with Crippen molar-refractivity contribution in [3.63, 3.8) is 0 Å². The molecule has 0 aromatic carbocycles. The van der Waals surface area contributed by atoms with Crippen LogP contribution in [0.25, 0.3) is 0 Å². The molecule has 3 unspecified atom stereocenters. The maximum absolute atomic E-state index is 12.0. The SMILES string of the molecule is CN=C(NCCC(=O)NC1CCS(=O)(=O)C1)N1CC(C)C(C(=O)OC)C1.I. The fourth-order valence-corrected chi connectivity index (χ4v) is 5.10. The summed E-state index contributed by atoms with van der Waals surface area (Å²) >= 11 is 0. The summed E-state index contributed by atoms with van der Waals surface area (Å²) in [5.74, 6) is 0.365. The molecule has 0 saturated carbocycles. The van der Waals surface area contributed by atoms with Crippen molar-refractivity contribution in [1.29, 1.82) is 0 Å². The Hall–Kier alpha value is -1.11. The van der Waals surface area contributed by atoms with E-state index in [2.05, 4.69) is 15.6 Å². The van der Waals surface area contributed by atoms with Gasteiger partial charge >= 0.3 is 5.97 Å². The number of ether oxygens (including phenoxy) is 1. The first-order valence-electron chi connectivity index (χ1n) is 8.79. The monoisotopic (exact) mass is 516 g/mol. The zero-order chi connectivity index (χ0) is 19.3. The highest BCUT2D eigenvalue weighted by atomic mass is 127. The molecular weight excluding hydrogens is 487 g/mol. The first kappa shape index (κ1) is 23.9. The van der Waals surface area contributed by atoms with Crippen molar-refractivity contribution in [3.8, 4) is 0 Å². The molecular formula is C16H29IN4O5S. The molecule has 2 aliphatic rings.